The van der Waals surface area contributed by atoms with Gasteiger partial charge in [0.1, 0.15) is 0 Å². The molecule has 0 spiro atoms. The van der Waals surface area contributed by atoms with Gasteiger partial charge in [-0.15, -0.1) is 0 Å². The van der Waals surface area contributed by atoms with Crippen molar-refractivity contribution in [2.45, 2.75) is 38.7 Å². The van der Waals surface area contributed by atoms with Crippen LogP contribution in [0.1, 0.15) is 6.42 Å². The van der Waals surface area contributed by atoms with Gasteiger partial charge < -0.3 is 18.0 Å². The number of ether oxygens (including phenoxy) is 1. The highest BCUT2D eigenvalue weighted by molar-refractivity contribution is 6.69. The van der Waals surface area contributed by atoms with Crippen LogP contribution in [-0.2, 0) is 18.0 Å². The topological polar surface area (TPSA) is 36.9 Å². The second kappa shape index (κ2) is 8.39. The Bertz CT molecular complexity index is 190. The van der Waals surface area contributed by atoms with Gasteiger partial charge >= 0.3 is 8.56 Å². The second-order valence-corrected chi connectivity index (χ2v) is 13.3. The Labute approximate surface area is 108 Å². The van der Waals surface area contributed by atoms with Crippen molar-refractivity contribution in [3.63, 3.8) is 0 Å². The van der Waals surface area contributed by atoms with E-state index in [0.717, 1.165) is 19.1 Å². The number of rotatable bonds is 10. The van der Waals surface area contributed by atoms with Gasteiger partial charge in [-0.1, -0.05) is 0 Å². The predicted octanol–water partition coefficient (Wildman–Crippen LogP) is 2.61. The van der Waals surface area contributed by atoms with Gasteiger partial charge in [-0.3, -0.25) is 0 Å². The van der Waals surface area contributed by atoms with Crippen molar-refractivity contribution >= 4 is 16.9 Å². The lowest BCUT2D eigenvalue weighted by molar-refractivity contribution is 0.0967. The average molecular weight is 281 g/mol. The molecule has 0 N–H and O–H groups in total. The van der Waals surface area contributed by atoms with Crippen LogP contribution in [-0.4, -0.2) is 50.9 Å². The summed E-state index contributed by atoms with van der Waals surface area (Å²) >= 11 is 0. The summed E-state index contributed by atoms with van der Waals surface area (Å²) in [4.78, 5) is 0. The average Bonchev–Trinajstić information content (AvgIpc) is 2.26. The van der Waals surface area contributed by atoms with Crippen LogP contribution in [0.4, 0.5) is 0 Å². The Morgan fingerprint density at radius 2 is 1.41 bits per heavy atom. The highest BCUT2D eigenvalue weighted by Crippen LogP contribution is 2.13. The first-order valence-corrected chi connectivity index (χ1v) is 12.1. The molecule has 17 heavy (non-hydrogen) atoms. The Kier molecular flexibility index (Phi) is 8.52. The molecule has 4 nitrogen and oxygen atoms in total. The quantitative estimate of drug-likeness (QED) is 0.455. The molecule has 6 heteroatoms. The molecule has 0 unspecified atom stereocenters. The molecule has 0 bridgehead atoms. The maximum absolute atomic E-state index is 5.69. The van der Waals surface area contributed by atoms with Crippen LogP contribution in [0.5, 0.6) is 0 Å². The summed E-state index contributed by atoms with van der Waals surface area (Å²) in [5, 5.41) is 0. The first kappa shape index (κ1) is 17.3. The van der Waals surface area contributed by atoms with E-state index in [4.69, 9.17) is 18.0 Å². The fourth-order valence-electron chi connectivity index (χ4n) is 1.29. The van der Waals surface area contributed by atoms with Gasteiger partial charge in [0.2, 0.25) is 0 Å². The highest BCUT2D eigenvalue weighted by Gasteiger charge is 2.27. The maximum atomic E-state index is 5.69. The van der Waals surface area contributed by atoms with Gasteiger partial charge in [0.05, 0.1) is 13.2 Å². The van der Waals surface area contributed by atoms with Gasteiger partial charge in [0.15, 0.2) is 8.32 Å². The molecule has 0 aromatic rings. The standard InChI is InChI=1S/C11H28O4Si2/c1-12-17(6,13-2)11-7-8-14-9-10-15-16(3,4)5/h7-11H2,1-6H3. The van der Waals surface area contributed by atoms with Crippen LogP contribution in [0.2, 0.25) is 32.2 Å². The highest BCUT2D eigenvalue weighted by atomic mass is 28.4. The monoisotopic (exact) mass is 280 g/mol. The number of hydrogen-bond donors (Lipinski definition) is 0. The molecular formula is C11H28O4Si2. The van der Waals surface area contributed by atoms with Crippen molar-refractivity contribution in [2.24, 2.45) is 0 Å². The van der Waals surface area contributed by atoms with E-state index in [-0.39, 0.29) is 0 Å². The van der Waals surface area contributed by atoms with Crippen LogP contribution < -0.4 is 0 Å². The van der Waals surface area contributed by atoms with Crippen LogP contribution in [0.3, 0.4) is 0 Å². The minimum atomic E-state index is -1.90. The maximum Gasteiger partial charge on any atom is 0.334 e. The van der Waals surface area contributed by atoms with E-state index < -0.39 is 16.9 Å². The largest absolute Gasteiger partial charge is 0.415 e. The van der Waals surface area contributed by atoms with Crippen molar-refractivity contribution in [1.82, 2.24) is 0 Å². The van der Waals surface area contributed by atoms with Crippen LogP contribution in [0, 0.1) is 0 Å². The van der Waals surface area contributed by atoms with Crippen molar-refractivity contribution in [3.05, 3.63) is 0 Å². The van der Waals surface area contributed by atoms with E-state index >= 15 is 0 Å². The minimum Gasteiger partial charge on any atom is -0.415 e. The normalized spacial score (nSPS) is 13.1. The Balaban J connectivity index is 3.41. The summed E-state index contributed by atoms with van der Waals surface area (Å²) in [6, 6.07) is 0.967. The Hall–Kier alpha value is 0.274. The lowest BCUT2D eigenvalue weighted by Gasteiger charge is -2.22. The zero-order chi connectivity index (χ0) is 13.4. The zero-order valence-electron chi connectivity index (χ0n) is 12.2. The third-order valence-electron chi connectivity index (χ3n) is 2.55. The fraction of sp³-hybridized carbons (Fsp3) is 1.00. The smallest absolute Gasteiger partial charge is 0.334 e. The molecule has 0 saturated carbocycles. The van der Waals surface area contributed by atoms with Gasteiger partial charge in [-0.25, -0.2) is 0 Å². The summed E-state index contributed by atoms with van der Waals surface area (Å²) in [6.45, 7) is 10.8. The summed E-state index contributed by atoms with van der Waals surface area (Å²) < 4.78 is 22.0. The lowest BCUT2D eigenvalue weighted by atomic mass is 10.5. The Morgan fingerprint density at radius 1 is 0.824 bits per heavy atom. The molecule has 0 aliphatic rings. The van der Waals surface area contributed by atoms with Crippen LogP contribution in [0.25, 0.3) is 0 Å². The van der Waals surface area contributed by atoms with Crippen LogP contribution in [0.15, 0.2) is 0 Å². The van der Waals surface area contributed by atoms with Crippen molar-refractivity contribution < 1.29 is 18.0 Å². The van der Waals surface area contributed by atoms with E-state index in [1.54, 1.807) is 14.2 Å². The molecule has 0 amide bonds. The van der Waals surface area contributed by atoms with Gasteiger partial charge in [-0.2, -0.15) is 0 Å². The van der Waals surface area contributed by atoms with Gasteiger partial charge in [0, 0.05) is 20.8 Å². The Morgan fingerprint density at radius 3 is 1.88 bits per heavy atom. The molecule has 0 radical (unpaired) electrons. The summed E-state index contributed by atoms with van der Waals surface area (Å²) in [6.07, 6.45) is 0.983. The first-order chi connectivity index (χ1) is 7.83. The van der Waals surface area contributed by atoms with E-state index in [2.05, 4.69) is 26.2 Å². The van der Waals surface area contributed by atoms with Gasteiger partial charge in [-0.05, 0) is 38.7 Å². The summed E-state index contributed by atoms with van der Waals surface area (Å²) in [7, 11) is 0.161. The van der Waals surface area contributed by atoms with E-state index in [1.165, 1.54) is 0 Å². The molecule has 0 saturated heterocycles. The number of hydrogen-bond acceptors (Lipinski definition) is 4. The van der Waals surface area contributed by atoms with E-state index in [1.807, 2.05) is 0 Å². The summed E-state index contributed by atoms with van der Waals surface area (Å²) in [5.41, 5.74) is 0. The van der Waals surface area contributed by atoms with Gasteiger partial charge in [0.25, 0.3) is 0 Å². The van der Waals surface area contributed by atoms with E-state index in [9.17, 15) is 0 Å². The van der Waals surface area contributed by atoms with Crippen molar-refractivity contribution in [1.29, 1.82) is 0 Å². The van der Waals surface area contributed by atoms with Crippen molar-refractivity contribution in [2.75, 3.05) is 34.0 Å². The molecule has 104 valence electrons. The SMILES string of the molecule is CO[Si](C)(CCCOCCO[Si](C)(C)C)OC. The minimum absolute atomic E-state index is 0.683. The first-order valence-electron chi connectivity index (χ1n) is 6.15. The molecule has 0 atom stereocenters. The van der Waals surface area contributed by atoms with E-state index in [0.29, 0.717) is 13.2 Å². The molecule has 0 aliphatic heterocycles. The van der Waals surface area contributed by atoms with Crippen LogP contribution >= 0.6 is 0 Å². The third kappa shape index (κ3) is 9.93. The second-order valence-electron chi connectivity index (χ2n) is 5.22. The molecule has 0 heterocycles. The molecule has 0 aromatic carbocycles. The van der Waals surface area contributed by atoms with Crippen molar-refractivity contribution in [3.8, 4) is 0 Å². The molecule has 0 rings (SSSR count). The predicted molar refractivity (Wildman–Crippen MR) is 75.2 cm³/mol. The molecule has 0 fully saturated rings. The molecular weight excluding hydrogens is 252 g/mol. The fourth-order valence-corrected chi connectivity index (χ4v) is 3.35. The zero-order valence-corrected chi connectivity index (χ0v) is 14.2. The summed E-state index contributed by atoms with van der Waals surface area (Å²) in [5.74, 6) is 0. The third-order valence-corrected chi connectivity index (χ3v) is 6.61. The molecule has 0 aromatic heterocycles. The lowest BCUT2D eigenvalue weighted by Crippen LogP contribution is -2.36. The molecule has 0 aliphatic carbocycles.